The van der Waals surface area contributed by atoms with E-state index in [1.807, 2.05) is 0 Å². The summed E-state index contributed by atoms with van der Waals surface area (Å²) < 4.78 is 64.9. The third-order valence-electron chi connectivity index (χ3n) is 2.28. The van der Waals surface area contributed by atoms with Gasteiger partial charge in [0.25, 0.3) is 5.91 Å². The summed E-state index contributed by atoms with van der Waals surface area (Å²) >= 11 is 3.14. The van der Waals surface area contributed by atoms with Gasteiger partial charge in [-0.25, -0.2) is 22.0 Å². The highest BCUT2D eigenvalue weighted by Crippen LogP contribution is 2.22. The lowest BCUT2D eigenvalue weighted by atomic mass is 10.1. The number of hydrogen-bond acceptors (Lipinski definition) is 1. The first-order chi connectivity index (χ1) is 8.91. The van der Waals surface area contributed by atoms with Gasteiger partial charge in [-0.05, 0) is 12.8 Å². The van der Waals surface area contributed by atoms with Gasteiger partial charge in [0.15, 0.2) is 23.3 Å². The van der Waals surface area contributed by atoms with E-state index in [0.717, 1.165) is 0 Å². The second kappa shape index (κ2) is 6.83. The molecule has 1 amide bonds. The van der Waals surface area contributed by atoms with Crippen molar-refractivity contribution < 1.29 is 26.7 Å². The molecule has 106 valence electrons. The fraction of sp³-hybridized carbons (Fsp3) is 0.364. The fourth-order valence-corrected chi connectivity index (χ4v) is 1.71. The predicted molar refractivity (Wildman–Crippen MR) is 61.6 cm³/mol. The van der Waals surface area contributed by atoms with Crippen molar-refractivity contribution in [2.45, 2.75) is 12.8 Å². The van der Waals surface area contributed by atoms with Crippen LogP contribution >= 0.6 is 15.9 Å². The van der Waals surface area contributed by atoms with Crippen LogP contribution < -0.4 is 5.32 Å². The standard InChI is InChI=1S/C11H9BrF5NO/c12-3-1-2-4-18-11(19)5-6(13)8(15)10(17)9(16)7(5)14/h1-4H2,(H,18,19). The zero-order chi connectivity index (χ0) is 14.6. The lowest BCUT2D eigenvalue weighted by Crippen LogP contribution is -2.28. The van der Waals surface area contributed by atoms with Crippen molar-refractivity contribution in [3.05, 3.63) is 34.6 Å². The molecule has 0 saturated heterocycles. The molecule has 0 aliphatic heterocycles. The largest absolute Gasteiger partial charge is 0.352 e. The molecule has 0 radical (unpaired) electrons. The number of benzene rings is 1. The van der Waals surface area contributed by atoms with Crippen LogP contribution in [0, 0.1) is 29.1 Å². The Morgan fingerprint density at radius 1 is 0.895 bits per heavy atom. The molecular weight excluding hydrogens is 337 g/mol. The van der Waals surface area contributed by atoms with E-state index in [1.165, 1.54) is 0 Å². The summed E-state index contributed by atoms with van der Waals surface area (Å²) in [5.74, 6) is -12.1. The number of unbranched alkanes of at least 4 members (excludes halogenated alkanes) is 1. The minimum absolute atomic E-state index is 0.0733. The number of amides is 1. The van der Waals surface area contributed by atoms with E-state index < -0.39 is 40.6 Å². The van der Waals surface area contributed by atoms with Crippen LogP contribution in [0.3, 0.4) is 0 Å². The van der Waals surface area contributed by atoms with Crippen molar-refractivity contribution in [1.82, 2.24) is 5.32 Å². The van der Waals surface area contributed by atoms with E-state index in [1.54, 1.807) is 0 Å². The topological polar surface area (TPSA) is 29.1 Å². The molecule has 0 bridgehead atoms. The van der Waals surface area contributed by atoms with E-state index >= 15 is 0 Å². The van der Waals surface area contributed by atoms with Gasteiger partial charge in [0, 0.05) is 11.9 Å². The number of hydrogen-bond donors (Lipinski definition) is 1. The van der Waals surface area contributed by atoms with Gasteiger partial charge in [-0.2, -0.15) is 0 Å². The van der Waals surface area contributed by atoms with Crippen LogP contribution in [0.4, 0.5) is 22.0 Å². The Hall–Kier alpha value is -1.18. The highest BCUT2D eigenvalue weighted by molar-refractivity contribution is 9.09. The Kier molecular flexibility index (Phi) is 5.71. The lowest BCUT2D eigenvalue weighted by Gasteiger charge is -2.08. The Labute approximate surface area is 114 Å². The van der Waals surface area contributed by atoms with Crippen molar-refractivity contribution in [3.8, 4) is 0 Å². The molecule has 0 saturated carbocycles. The van der Waals surface area contributed by atoms with Crippen molar-refractivity contribution in [1.29, 1.82) is 0 Å². The predicted octanol–water partition coefficient (Wildman–Crippen LogP) is 3.29. The third-order valence-corrected chi connectivity index (χ3v) is 2.84. The quantitative estimate of drug-likeness (QED) is 0.286. The second-order valence-electron chi connectivity index (χ2n) is 3.60. The van der Waals surface area contributed by atoms with Crippen molar-refractivity contribution >= 4 is 21.8 Å². The summed E-state index contributed by atoms with van der Waals surface area (Å²) in [5.41, 5.74) is -1.46. The minimum atomic E-state index is -2.29. The van der Waals surface area contributed by atoms with E-state index in [2.05, 4.69) is 21.2 Å². The summed E-state index contributed by atoms with van der Waals surface area (Å²) in [6, 6.07) is 0. The molecule has 0 aromatic heterocycles. The molecule has 1 aromatic carbocycles. The maximum atomic E-state index is 13.2. The number of alkyl halides is 1. The summed E-state index contributed by atoms with van der Waals surface area (Å²) in [7, 11) is 0. The van der Waals surface area contributed by atoms with Gasteiger partial charge in [0.05, 0.1) is 0 Å². The Morgan fingerprint density at radius 2 is 1.37 bits per heavy atom. The number of carbonyl (C=O) groups excluding carboxylic acids is 1. The summed E-state index contributed by atoms with van der Waals surface area (Å²) in [6.45, 7) is 0.0733. The highest BCUT2D eigenvalue weighted by Gasteiger charge is 2.29. The molecule has 0 unspecified atom stereocenters. The Balaban J connectivity index is 2.97. The first-order valence-electron chi connectivity index (χ1n) is 5.27. The van der Waals surface area contributed by atoms with Crippen molar-refractivity contribution in [3.63, 3.8) is 0 Å². The Morgan fingerprint density at radius 3 is 1.84 bits per heavy atom. The molecule has 1 rings (SSSR count). The Bertz CT molecular complexity index is 465. The van der Waals surface area contributed by atoms with Gasteiger partial charge in [0.2, 0.25) is 5.82 Å². The molecule has 0 heterocycles. The van der Waals surface area contributed by atoms with E-state index in [-0.39, 0.29) is 6.54 Å². The van der Waals surface area contributed by atoms with Gasteiger partial charge < -0.3 is 5.32 Å². The van der Waals surface area contributed by atoms with E-state index in [9.17, 15) is 26.7 Å². The van der Waals surface area contributed by atoms with Crippen LogP contribution in [0.1, 0.15) is 23.2 Å². The number of rotatable bonds is 5. The van der Waals surface area contributed by atoms with Crippen molar-refractivity contribution in [2.24, 2.45) is 0 Å². The zero-order valence-corrected chi connectivity index (χ0v) is 11.1. The summed E-state index contributed by atoms with van der Waals surface area (Å²) in [5, 5.41) is 2.77. The average molecular weight is 346 g/mol. The van der Waals surface area contributed by atoms with Crippen LogP contribution in [0.25, 0.3) is 0 Å². The average Bonchev–Trinajstić information content (AvgIpc) is 2.39. The SMILES string of the molecule is O=C(NCCCCBr)c1c(F)c(F)c(F)c(F)c1F. The van der Waals surface area contributed by atoms with Crippen LogP contribution in [0.5, 0.6) is 0 Å². The first kappa shape index (κ1) is 15.9. The molecule has 19 heavy (non-hydrogen) atoms. The van der Waals surface area contributed by atoms with E-state index in [0.29, 0.717) is 18.2 Å². The molecule has 0 spiro atoms. The molecule has 1 N–H and O–H groups in total. The molecule has 0 aliphatic rings. The van der Waals surface area contributed by atoms with Gasteiger partial charge in [-0.3, -0.25) is 4.79 Å². The van der Waals surface area contributed by atoms with Gasteiger partial charge in [-0.1, -0.05) is 15.9 Å². The maximum Gasteiger partial charge on any atom is 0.257 e. The maximum absolute atomic E-state index is 13.2. The van der Waals surface area contributed by atoms with Gasteiger partial charge in [0.1, 0.15) is 5.56 Å². The normalized spacial score (nSPS) is 10.6. The second-order valence-corrected chi connectivity index (χ2v) is 4.39. The smallest absolute Gasteiger partial charge is 0.257 e. The number of halogens is 6. The number of carbonyl (C=O) groups is 1. The molecular formula is C11H9BrF5NO. The molecule has 0 aliphatic carbocycles. The molecule has 1 aromatic rings. The number of nitrogens with one attached hydrogen (secondary N) is 1. The van der Waals surface area contributed by atoms with Crippen LogP contribution in [-0.2, 0) is 0 Å². The molecule has 0 fully saturated rings. The van der Waals surface area contributed by atoms with Crippen LogP contribution in [0.2, 0.25) is 0 Å². The van der Waals surface area contributed by atoms with Crippen molar-refractivity contribution in [2.75, 3.05) is 11.9 Å². The lowest BCUT2D eigenvalue weighted by molar-refractivity contribution is 0.0941. The summed E-state index contributed by atoms with van der Waals surface area (Å²) in [4.78, 5) is 11.4. The molecule has 0 atom stereocenters. The van der Waals surface area contributed by atoms with Crippen LogP contribution in [-0.4, -0.2) is 17.8 Å². The van der Waals surface area contributed by atoms with E-state index in [4.69, 9.17) is 0 Å². The molecule has 2 nitrogen and oxygen atoms in total. The zero-order valence-electron chi connectivity index (χ0n) is 9.50. The summed E-state index contributed by atoms with van der Waals surface area (Å²) in [6.07, 6.45) is 1.20. The third kappa shape index (κ3) is 3.43. The van der Waals surface area contributed by atoms with Gasteiger partial charge in [-0.15, -0.1) is 0 Å². The fourth-order valence-electron chi connectivity index (χ4n) is 1.31. The first-order valence-corrected chi connectivity index (χ1v) is 6.39. The van der Waals surface area contributed by atoms with Crippen LogP contribution in [0.15, 0.2) is 0 Å². The highest BCUT2D eigenvalue weighted by atomic mass is 79.9. The molecule has 8 heteroatoms. The monoisotopic (exact) mass is 345 g/mol. The van der Waals surface area contributed by atoms with Gasteiger partial charge >= 0.3 is 0 Å². The minimum Gasteiger partial charge on any atom is -0.352 e.